The van der Waals surface area contributed by atoms with Crippen LogP contribution in [0, 0.1) is 0 Å². The van der Waals surface area contributed by atoms with E-state index in [1.54, 1.807) is 11.3 Å². The molecule has 2 heterocycles. The summed E-state index contributed by atoms with van der Waals surface area (Å²) in [6.45, 7) is 0. The summed E-state index contributed by atoms with van der Waals surface area (Å²) in [5, 5.41) is 11.1. The maximum absolute atomic E-state index is 4.49. The van der Waals surface area contributed by atoms with Crippen LogP contribution in [0.15, 0.2) is 66.0 Å². The lowest BCUT2D eigenvalue weighted by molar-refractivity contribution is 0.999. The number of fused-ring (bicyclic) bond motifs is 1. The number of hydrogen-bond donors (Lipinski definition) is 1. The molecule has 0 aliphatic carbocycles. The normalized spacial score (nSPS) is 11.0. The first-order valence-electron chi connectivity index (χ1n) is 6.95. The Kier molecular flexibility index (Phi) is 3.05. The number of nitrogens with one attached hydrogen (secondary N) is 1. The van der Waals surface area contributed by atoms with E-state index in [0.29, 0.717) is 0 Å². The van der Waals surface area contributed by atoms with E-state index in [2.05, 4.69) is 70.2 Å². The highest BCUT2D eigenvalue weighted by molar-refractivity contribution is 7.17. The molecule has 0 atom stereocenters. The van der Waals surface area contributed by atoms with Crippen LogP contribution in [-0.4, -0.2) is 10.2 Å². The van der Waals surface area contributed by atoms with Gasteiger partial charge in [0, 0.05) is 33.1 Å². The summed E-state index contributed by atoms with van der Waals surface area (Å²) in [6, 6.07) is 21.1. The van der Waals surface area contributed by atoms with Crippen LogP contribution in [0.4, 0.5) is 0 Å². The van der Waals surface area contributed by atoms with Gasteiger partial charge in [-0.2, -0.15) is 5.10 Å². The molecule has 0 radical (unpaired) electrons. The lowest BCUT2D eigenvalue weighted by Crippen LogP contribution is -1.87. The third kappa shape index (κ3) is 2.36. The van der Waals surface area contributed by atoms with Crippen LogP contribution < -0.4 is 0 Å². The van der Waals surface area contributed by atoms with Crippen molar-refractivity contribution < 1.29 is 0 Å². The molecule has 0 fully saturated rings. The van der Waals surface area contributed by atoms with Crippen LogP contribution in [0.25, 0.3) is 21.3 Å². The van der Waals surface area contributed by atoms with E-state index in [-0.39, 0.29) is 0 Å². The standard InChI is InChI=1S/C18H14N2S/c1-2-6-13(7-3-1)10-14-11-17(20-19-14)16-12-21-18-9-5-4-8-15(16)18/h1-9,11-12H,10H2,(H,19,20). The SMILES string of the molecule is c1ccc(Cc2cc(-c3csc4ccccc34)n[nH]2)cc1. The van der Waals surface area contributed by atoms with Gasteiger partial charge in [-0.1, -0.05) is 48.5 Å². The van der Waals surface area contributed by atoms with Gasteiger partial charge in [0.15, 0.2) is 0 Å². The zero-order valence-electron chi connectivity index (χ0n) is 11.4. The zero-order chi connectivity index (χ0) is 14.1. The average Bonchev–Trinajstić information content (AvgIpc) is 3.14. The lowest BCUT2D eigenvalue weighted by atomic mass is 10.1. The van der Waals surface area contributed by atoms with Gasteiger partial charge >= 0.3 is 0 Å². The molecule has 0 saturated heterocycles. The van der Waals surface area contributed by atoms with Crippen molar-refractivity contribution in [2.24, 2.45) is 0 Å². The van der Waals surface area contributed by atoms with Crippen LogP contribution in [0.2, 0.25) is 0 Å². The summed E-state index contributed by atoms with van der Waals surface area (Å²) in [7, 11) is 0. The van der Waals surface area contributed by atoms with E-state index >= 15 is 0 Å². The first kappa shape index (κ1) is 12.4. The molecule has 2 aromatic carbocycles. The number of aromatic nitrogens is 2. The van der Waals surface area contributed by atoms with Crippen LogP contribution >= 0.6 is 11.3 Å². The predicted octanol–water partition coefficient (Wildman–Crippen LogP) is 4.88. The highest BCUT2D eigenvalue weighted by Gasteiger charge is 2.09. The van der Waals surface area contributed by atoms with Gasteiger partial charge in [-0.3, -0.25) is 5.10 Å². The smallest absolute Gasteiger partial charge is 0.0938 e. The van der Waals surface area contributed by atoms with Crippen molar-refractivity contribution in [3.8, 4) is 11.3 Å². The molecule has 0 aliphatic rings. The van der Waals surface area contributed by atoms with E-state index in [0.717, 1.165) is 17.8 Å². The van der Waals surface area contributed by atoms with Crippen LogP contribution in [-0.2, 0) is 6.42 Å². The average molecular weight is 290 g/mol. The van der Waals surface area contributed by atoms with Gasteiger partial charge in [0.2, 0.25) is 0 Å². The second-order valence-electron chi connectivity index (χ2n) is 5.09. The Morgan fingerprint density at radius 3 is 2.67 bits per heavy atom. The Labute approximate surface area is 127 Å². The van der Waals surface area contributed by atoms with Crippen molar-refractivity contribution in [1.82, 2.24) is 10.2 Å². The summed E-state index contributed by atoms with van der Waals surface area (Å²) in [5.41, 5.74) is 4.68. The quantitative estimate of drug-likeness (QED) is 0.572. The molecular weight excluding hydrogens is 276 g/mol. The minimum atomic E-state index is 0.885. The molecule has 0 aliphatic heterocycles. The number of benzene rings is 2. The first-order valence-corrected chi connectivity index (χ1v) is 7.83. The summed E-state index contributed by atoms with van der Waals surface area (Å²) >= 11 is 1.77. The fraction of sp³-hybridized carbons (Fsp3) is 0.0556. The Morgan fingerprint density at radius 2 is 1.76 bits per heavy atom. The summed E-state index contributed by atoms with van der Waals surface area (Å²) in [6.07, 6.45) is 0.885. The van der Waals surface area contributed by atoms with Crippen molar-refractivity contribution in [3.63, 3.8) is 0 Å². The van der Waals surface area contributed by atoms with Crippen molar-refractivity contribution in [2.45, 2.75) is 6.42 Å². The fourth-order valence-corrected chi connectivity index (χ4v) is 3.54. The molecule has 0 amide bonds. The maximum atomic E-state index is 4.49. The summed E-state index contributed by atoms with van der Waals surface area (Å²) in [4.78, 5) is 0. The second kappa shape index (κ2) is 5.19. The predicted molar refractivity (Wildman–Crippen MR) is 88.7 cm³/mol. The molecule has 102 valence electrons. The van der Waals surface area contributed by atoms with Crippen molar-refractivity contribution in [3.05, 3.63) is 77.3 Å². The van der Waals surface area contributed by atoms with Crippen molar-refractivity contribution in [2.75, 3.05) is 0 Å². The number of H-pyrrole nitrogens is 1. The van der Waals surface area contributed by atoms with Gasteiger partial charge in [0.25, 0.3) is 0 Å². The van der Waals surface area contributed by atoms with Gasteiger partial charge in [0.05, 0.1) is 5.69 Å². The Balaban J connectivity index is 1.68. The number of aromatic amines is 1. The molecule has 4 aromatic rings. The molecule has 0 unspecified atom stereocenters. The summed E-state index contributed by atoms with van der Waals surface area (Å²) < 4.78 is 1.31. The zero-order valence-corrected chi connectivity index (χ0v) is 12.2. The molecule has 4 rings (SSSR count). The number of nitrogens with zero attached hydrogens (tertiary/aromatic N) is 1. The first-order chi connectivity index (χ1) is 10.4. The van der Waals surface area contributed by atoms with E-state index in [9.17, 15) is 0 Å². The molecule has 2 aromatic heterocycles. The van der Waals surface area contributed by atoms with Crippen LogP contribution in [0.1, 0.15) is 11.3 Å². The Morgan fingerprint density at radius 1 is 0.952 bits per heavy atom. The molecular formula is C18H14N2S. The number of thiophene rings is 1. The Bertz CT molecular complexity index is 874. The Hall–Kier alpha value is -2.39. The molecule has 0 bridgehead atoms. The van der Waals surface area contributed by atoms with Crippen LogP contribution in [0.3, 0.4) is 0 Å². The topological polar surface area (TPSA) is 28.7 Å². The van der Waals surface area contributed by atoms with Gasteiger partial charge in [-0.05, 0) is 17.7 Å². The van der Waals surface area contributed by atoms with Crippen LogP contribution in [0.5, 0.6) is 0 Å². The highest BCUT2D eigenvalue weighted by atomic mass is 32.1. The third-order valence-electron chi connectivity index (χ3n) is 3.63. The molecule has 1 N–H and O–H groups in total. The number of hydrogen-bond acceptors (Lipinski definition) is 2. The molecule has 2 nitrogen and oxygen atoms in total. The highest BCUT2D eigenvalue weighted by Crippen LogP contribution is 2.33. The lowest BCUT2D eigenvalue weighted by Gasteiger charge is -1.96. The van der Waals surface area contributed by atoms with Crippen molar-refractivity contribution in [1.29, 1.82) is 0 Å². The van der Waals surface area contributed by atoms with Gasteiger partial charge in [0.1, 0.15) is 0 Å². The van der Waals surface area contributed by atoms with E-state index in [1.807, 2.05) is 6.07 Å². The molecule has 3 heteroatoms. The second-order valence-corrected chi connectivity index (χ2v) is 6.00. The minimum absolute atomic E-state index is 0.885. The van der Waals surface area contributed by atoms with Crippen molar-refractivity contribution >= 4 is 21.4 Å². The van der Waals surface area contributed by atoms with Gasteiger partial charge < -0.3 is 0 Å². The van der Waals surface area contributed by atoms with E-state index < -0.39 is 0 Å². The number of rotatable bonds is 3. The third-order valence-corrected chi connectivity index (χ3v) is 4.59. The fourth-order valence-electron chi connectivity index (χ4n) is 2.58. The summed E-state index contributed by atoms with van der Waals surface area (Å²) in [5.74, 6) is 0. The molecule has 21 heavy (non-hydrogen) atoms. The van der Waals surface area contributed by atoms with E-state index in [4.69, 9.17) is 0 Å². The molecule has 0 spiro atoms. The van der Waals surface area contributed by atoms with Gasteiger partial charge in [-0.25, -0.2) is 0 Å². The maximum Gasteiger partial charge on any atom is 0.0938 e. The minimum Gasteiger partial charge on any atom is -0.282 e. The molecule has 0 saturated carbocycles. The largest absolute Gasteiger partial charge is 0.282 e. The monoisotopic (exact) mass is 290 g/mol. The van der Waals surface area contributed by atoms with E-state index in [1.165, 1.54) is 21.2 Å². The van der Waals surface area contributed by atoms with Gasteiger partial charge in [-0.15, -0.1) is 11.3 Å².